The van der Waals surface area contributed by atoms with Crippen LogP contribution in [0.15, 0.2) is 10.6 Å². The van der Waals surface area contributed by atoms with E-state index in [9.17, 15) is 4.79 Å². The van der Waals surface area contributed by atoms with Gasteiger partial charge in [0, 0.05) is 39.3 Å². The second kappa shape index (κ2) is 6.91. The van der Waals surface area contributed by atoms with E-state index in [1.54, 1.807) is 13.1 Å². The summed E-state index contributed by atoms with van der Waals surface area (Å²) < 4.78 is 5.23. The number of carbonyl (C=O) groups excluding carboxylic acids is 1. The summed E-state index contributed by atoms with van der Waals surface area (Å²) in [5.41, 5.74) is 1.10. The van der Waals surface area contributed by atoms with Crippen molar-refractivity contribution in [3.05, 3.63) is 29.2 Å². The zero-order valence-corrected chi connectivity index (χ0v) is 14.1. The van der Waals surface area contributed by atoms with Crippen molar-refractivity contribution in [1.82, 2.24) is 30.4 Å². The van der Waals surface area contributed by atoms with Crippen molar-refractivity contribution in [3.8, 4) is 0 Å². The average molecular weight is 331 g/mol. The lowest BCUT2D eigenvalue weighted by molar-refractivity contribution is 0.0945. The Balaban J connectivity index is 1.64. The molecular formula is C15H21N7O2. The van der Waals surface area contributed by atoms with Gasteiger partial charge in [-0.15, -0.1) is 10.2 Å². The fraction of sp³-hybridized carbons (Fsp3) is 0.533. The van der Waals surface area contributed by atoms with Crippen LogP contribution >= 0.6 is 0 Å². The zero-order chi connectivity index (χ0) is 17.1. The van der Waals surface area contributed by atoms with Crippen molar-refractivity contribution in [2.24, 2.45) is 0 Å². The molecule has 2 aromatic heterocycles. The molecule has 1 aliphatic rings. The van der Waals surface area contributed by atoms with Crippen LogP contribution in [0.1, 0.15) is 27.8 Å². The topological polar surface area (TPSA) is 100 Å². The Hall–Kier alpha value is -2.55. The van der Waals surface area contributed by atoms with Gasteiger partial charge in [0.05, 0.1) is 17.8 Å². The van der Waals surface area contributed by atoms with Gasteiger partial charge in [0.1, 0.15) is 0 Å². The lowest BCUT2D eigenvalue weighted by atomic mass is 10.2. The normalized spacial score (nSPS) is 15.5. The summed E-state index contributed by atoms with van der Waals surface area (Å²) in [6, 6.07) is 0. The van der Waals surface area contributed by atoms with Crippen molar-refractivity contribution in [2.75, 3.05) is 38.1 Å². The van der Waals surface area contributed by atoms with E-state index in [0.717, 1.165) is 26.2 Å². The summed E-state index contributed by atoms with van der Waals surface area (Å²) in [5.74, 6) is 1.25. The molecule has 9 nitrogen and oxygen atoms in total. The molecule has 1 saturated heterocycles. The van der Waals surface area contributed by atoms with Crippen LogP contribution in [0.5, 0.6) is 0 Å². The Morgan fingerprint density at radius 1 is 1.25 bits per heavy atom. The van der Waals surface area contributed by atoms with Gasteiger partial charge < -0.3 is 19.5 Å². The van der Waals surface area contributed by atoms with E-state index in [2.05, 4.69) is 42.3 Å². The van der Waals surface area contributed by atoms with Gasteiger partial charge in [-0.05, 0) is 14.0 Å². The molecule has 3 heterocycles. The Bertz CT molecular complexity index is 722. The SMILES string of the molecule is Cc1nnc(CNC(=O)c2cnc(N3CCN(C)CC3)nc2C)o1. The molecule has 0 aromatic carbocycles. The maximum absolute atomic E-state index is 12.3. The van der Waals surface area contributed by atoms with Crippen LogP contribution in [0.3, 0.4) is 0 Å². The molecule has 0 saturated carbocycles. The number of aromatic nitrogens is 4. The maximum atomic E-state index is 12.3. The number of piperazine rings is 1. The van der Waals surface area contributed by atoms with Gasteiger partial charge in [-0.1, -0.05) is 0 Å². The minimum absolute atomic E-state index is 0.180. The number of rotatable bonds is 4. The number of hydrogen-bond donors (Lipinski definition) is 1. The van der Waals surface area contributed by atoms with E-state index < -0.39 is 0 Å². The van der Waals surface area contributed by atoms with Crippen molar-refractivity contribution in [3.63, 3.8) is 0 Å². The number of aryl methyl sites for hydroxylation is 2. The van der Waals surface area contributed by atoms with Crippen LogP contribution in [0.25, 0.3) is 0 Å². The molecule has 128 valence electrons. The van der Waals surface area contributed by atoms with Crippen molar-refractivity contribution >= 4 is 11.9 Å². The number of amides is 1. The van der Waals surface area contributed by atoms with Crippen molar-refractivity contribution in [1.29, 1.82) is 0 Å². The van der Waals surface area contributed by atoms with Gasteiger partial charge in [-0.25, -0.2) is 9.97 Å². The van der Waals surface area contributed by atoms with Crippen LogP contribution < -0.4 is 10.2 Å². The lowest BCUT2D eigenvalue weighted by Crippen LogP contribution is -2.45. The first-order valence-electron chi connectivity index (χ1n) is 7.87. The highest BCUT2D eigenvalue weighted by Gasteiger charge is 2.19. The number of hydrogen-bond acceptors (Lipinski definition) is 8. The van der Waals surface area contributed by atoms with Crippen molar-refractivity contribution in [2.45, 2.75) is 20.4 Å². The van der Waals surface area contributed by atoms with Crippen LogP contribution in [0, 0.1) is 13.8 Å². The third kappa shape index (κ3) is 3.67. The first kappa shape index (κ1) is 16.3. The molecule has 0 bridgehead atoms. The maximum Gasteiger partial charge on any atom is 0.255 e. The summed E-state index contributed by atoms with van der Waals surface area (Å²) in [7, 11) is 2.10. The lowest BCUT2D eigenvalue weighted by Gasteiger charge is -2.32. The molecule has 1 N–H and O–H groups in total. The van der Waals surface area contributed by atoms with E-state index >= 15 is 0 Å². The molecule has 0 radical (unpaired) electrons. The van der Waals surface area contributed by atoms with Crippen LogP contribution in [-0.4, -0.2) is 64.2 Å². The summed E-state index contributed by atoms with van der Waals surface area (Å²) in [5, 5.41) is 10.3. The molecule has 2 aromatic rings. The van der Waals surface area contributed by atoms with Gasteiger partial charge in [-0.3, -0.25) is 4.79 Å². The second-order valence-corrected chi connectivity index (χ2v) is 5.86. The number of nitrogens with one attached hydrogen (secondary N) is 1. The van der Waals surface area contributed by atoms with E-state index in [4.69, 9.17) is 4.42 Å². The molecule has 24 heavy (non-hydrogen) atoms. The zero-order valence-electron chi connectivity index (χ0n) is 14.1. The highest BCUT2D eigenvalue weighted by atomic mass is 16.4. The summed E-state index contributed by atoms with van der Waals surface area (Å²) in [4.78, 5) is 25.5. The van der Waals surface area contributed by atoms with Crippen LogP contribution in [-0.2, 0) is 6.54 Å². The number of anilines is 1. The fourth-order valence-electron chi connectivity index (χ4n) is 2.50. The Kier molecular flexibility index (Phi) is 4.70. The summed E-state index contributed by atoms with van der Waals surface area (Å²) >= 11 is 0. The summed E-state index contributed by atoms with van der Waals surface area (Å²) in [6.45, 7) is 7.43. The van der Waals surface area contributed by atoms with Gasteiger partial charge in [0.2, 0.25) is 17.7 Å². The first-order valence-corrected chi connectivity index (χ1v) is 7.87. The summed E-state index contributed by atoms with van der Waals surface area (Å²) in [6.07, 6.45) is 1.57. The molecule has 0 spiro atoms. The molecule has 0 atom stereocenters. The smallest absolute Gasteiger partial charge is 0.255 e. The van der Waals surface area contributed by atoms with Gasteiger partial charge in [0.25, 0.3) is 5.91 Å². The van der Waals surface area contributed by atoms with E-state index in [-0.39, 0.29) is 12.5 Å². The number of carbonyl (C=O) groups is 1. The Morgan fingerprint density at radius 2 is 2.00 bits per heavy atom. The van der Waals surface area contributed by atoms with E-state index in [0.29, 0.717) is 29.0 Å². The fourth-order valence-corrected chi connectivity index (χ4v) is 2.50. The molecule has 0 aliphatic carbocycles. The minimum Gasteiger partial charge on any atom is -0.424 e. The quantitative estimate of drug-likeness (QED) is 0.845. The third-order valence-electron chi connectivity index (χ3n) is 3.97. The monoisotopic (exact) mass is 331 g/mol. The third-order valence-corrected chi connectivity index (χ3v) is 3.97. The molecule has 0 unspecified atom stereocenters. The Labute approximate surface area is 140 Å². The molecule has 1 amide bonds. The van der Waals surface area contributed by atoms with Gasteiger partial charge >= 0.3 is 0 Å². The second-order valence-electron chi connectivity index (χ2n) is 5.86. The van der Waals surface area contributed by atoms with Gasteiger partial charge in [-0.2, -0.15) is 0 Å². The highest BCUT2D eigenvalue weighted by molar-refractivity contribution is 5.94. The molecular weight excluding hydrogens is 310 g/mol. The van der Waals surface area contributed by atoms with E-state index in [1.807, 2.05) is 6.92 Å². The van der Waals surface area contributed by atoms with Crippen LogP contribution in [0.4, 0.5) is 5.95 Å². The largest absolute Gasteiger partial charge is 0.424 e. The predicted octanol–water partition coefficient (Wildman–Crippen LogP) is 0.158. The van der Waals surface area contributed by atoms with Crippen molar-refractivity contribution < 1.29 is 9.21 Å². The highest BCUT2D eigenvalue weighted by Crippen LogP contribution is 2.13. The standard InChI is InChI=1S/C15H21N7O2/c1-10-12(14(23)16-9-13-20-19-11(2)24-13)8-17-15(18-10)22-6-4-21(3)5-7-22/h8H,4-7,9H2,1-3H3,(H,16,23). The molecule has 1 fully saturated rings. The van der Waals surface area contributed by atoms with Crippen LogP contribution in [0.2, 0.25) is 0 Å². The Morgan fingerprint density at radius 3 is 2.62 bits per heavy atom. The first-order chi connectivity index (χ1) is 11.5. The molecule has 9 heteroatoms. The number of nitrogens with zero attached hydrogens (tertiary/aromatic N) is 6. The number of likely N-dealkylation sites (N-methyl/N-ethyl adjacent to an activating group) is 1. The average Bonchev–Trinajstić information content (AvgIpc) is 2.99. The van der Waals surface area contributed by atoms with E-state index in [1.165, 1.54) is 0 Å². The molecule has 1 aliphatic heterocycles. The van der Waals surface area contributed by atoms with Gasteiger partial charge in [0.15, 0.2) is 0 Å². The minimum atomic E-state index is -0.256. The molecule has 3 rings (SSSR count). The predicted molar refractivity (Wildman–Crippen MR) is 86.7 cm³/mol.